The number of amides is 1. The highest BCUT2D eigenvalue weighted by Gasteiger charge is 2.28. The molecule has 1 aliphatic rings. The van der Waals surface area contributed by atoms with Gasteiger partial charge in [0.05, 0.1) is 12.7 Å². The number of carbonyl (C=O) groups excluding carboxylic acids is 2. The zero-order valence-corrected chi connectivity index (χ0v) is 11.6. The van der Waals surface area contributed by atoms with Gasteiger partial charge in [-0.1, -0.05) is 12.1 Å². The van der Waals surface area contributed by atoms with Crippen molar-refractivity contribution in [3.05, 3.63) is 53.0 Å². The van der Waals surface area contributed by atoms with Gasteiger partial charge in [-0.25, -0.2) is 4.79 Å². The van der Waals surface area contributed by atoms with Crippen LogP contribution in [-0.2, 0) is 4.74 Å². The standard InChI is InChI=1S/C15H14N2O4/c1-8-10(15(19)20-2)7-12(21-8)13-16-11-6-4-3-5-9(11)14(18)17-13/h3-7,13,16H,1-2H3,(H,17,18). The maximum Gasteiger partial charge on any atom is 0.341 e. The van der Waals surface area contributed by atoms with Crippen molar-refractivity contribution in [3.63, 3.8) is 0 Å². The molecule has 1 atom stereocenters. The van der Waals surface area contributed by atoms with E-state index in [1.165, 1.54) is 7.11 Å². The molecule has 6 heteroatoms. The highest BCUT2D eigenvalue weighted by atomic mass is 16.5. The Morgan fingerprint density at radius 2 is 2.05 bits per heavy atom. The quantitative estimate of drug-likeness (QED) is 0.827. The number of esters is 1. The number of anilines is 1. The Morgan fingerprint density at radius 1 is 1.29 bits per heavy atom. The number of para-hydroxylation sites is 1. The van der Waals surface area contributed by atoms with Crippen LogP contribution in [0.3, 0.4) is 0 Å². The number of methoxy groups -OCH3 is 1. The number of aryl methyl sites for hydroxylation is 1. The van der Waals surface area contributed by atoms with Crippen molar-refractivity contribution in [3.8, 4) is 0 Å². The van der Waals surface area contributed by atoms with E-state index in [2.05, 4.69) is 15.4 Å². The molecule has 2 aromatic rings. The molecule has 0 bridgehead atoms. The minimum Gasteiger partial charge on any atom is -0.465 e. The number of fused-ring (bicyclic) bond motifs is 1. The van der Waals surface area contributed by atoms with Crippen molar-refractivity contribution in [1.82, 2.24) is 5.32 Å². The lowest BCUT2D eigenvalue weighted by Gasteiger charge is -2.26. The molecule has 6 nitrogen and oxygen atoms in total. The van der Waals surface area contributed by atoms with E-state index in [9.17, 15) is 9.59 Å². The predicted octanol–water partition coefficient (Wildman–Crippen LogP) is 2.23. The van der Waals surface area contributed by atoms with Gasteiger partial charge in [0, 0.05) is 5.69 Å². The summed E-state index contributed by atoms with van der Waals surface area (Å²) in [6.07, 6.45) is -0.524. The minimum atomic E-state index is -0.524. The molecule has 3 rings (SSSR count). The molecule has 1 aliphatic heterocycles. The minimum absolute atomic E-state index is 0.192. The van der Waals surface area contributed by atoms with Crippen molar-refractivity contribution in [2.45, 2.75) is 13.1 Å². The van der Waals surface area contributed by atoms with Gasteiger partial charge in [0.15, 0.2) is 6.17 Å². The summed E-state index contributed by atoms with van der Waals surface area (Å²) in [5.41, 5.74) is 1.65. The first-order chi connectivity index (χ1) is 10.1. The number of carbonyl (C=O) groups is 2. The van der Waals surface area contributed by atoms with Crippen LogP contribution in [-0.4, -0.2) is 19.0 Å². The van der Waals surface area contributed by atoms with Crippen LogP contribution in [0.2, 0.25) is 0 Å². The van der Waals surface area contributed by atoms with Crippen LogP contribution in [0.4, 0.5) is 5.69 Å². The summed E-state index contributed by atoms with van der Waals surface area (Å²) in [5, 5.41) is 5.95. The van der Waals surface area contributed by atoms with Crippen molar-refractivity contribution < 1.29 is 18.7 Å². The summed E-state index contributed by atoms with van der Waals surface area (Å²) in [6, 6.07) is 8.77. The number of benzene rings is 1. The third-order valence-electron chi connectivity index (χ3n) is 3.37. The molecular weight excluding hydrogens is 272 g/mol. The van der Waals surface area contributed by atoms with Gasteiger partial charge in [0.1, 0.15) is 17.1 Å². The lowest BCUT2D eigenvalue weighted by atomic mass is 10.1. The molecule has 1 aromatic heterocycles. The van der Waals surface area contributed by atoms with Crippen LogP contribution in [0.1, 0.15) is 38.4 Å². The number of ether oxygens (including phenoxy) is 1. The Morgan fingerprint density at radius 3 is 2.81 bits per heavy atom. The largest absolute Gasteiger partial charge is 0.465 e. The number of hydrogen-bond acceptors (Lipinski definition) is 5. The highest BCUT2D eigenvalue weighted by Crippen LogP contribution is 2.28. The molecule has 21 heavy (non-hydrogen) atoms. The van der Waals surface area contributed by atoms with Gasteiger partial charge in [-0.15, -0.1) is 0 Å². The average Bonchev–Trinajstić information content (AvgIpc) is 2.88. The van der Waals surface area contributed by atoms with Gasteiger partial charge in [0.2, 0.25) is 0 Å². The lowest BCUT2D eigenvalue weighted by Crippen LogP contribution is -2.38. The molecule has 1 aromatic carbocycles. The number of hydrogen-bond donors (Lipinski definition) is 2. The zero-order chi connectivity index (χ0) is 15.0. The zero-order valence-electron chi connectivity index (χ0n) is 11.6. The fourth-order valence-corrected chi connectivity index (χ4v) is 2.31. The van der Waals surface area contributed by atoms with E-state index in [-0.39, 0.29) is 5.91 Å². The smallest absolute Gasteiger partial charge is 0.341 e. The summed E-state index contributed by atoms with van der Waals surface area (Å²) in [7, 11) is 1.31. The second-order valence-electron chi connectivity index (χ2n) is 4.71. The normalized spacial score (nSPS) is 16.7. The molecule has 108 valence electrons. The summed E-state index contributed by atoms with van der Waals surface area (Å²) >= 11 is 0. The molecular formula is C15H14N2O4. The average molecular weight is 286 g/mol. The van der Waals surface area contributed by atoms with Crippen molar-refractivity contribution in [2.75, 3.05) is 12.4 Å². The Hall–Kier alpha value is -2.76. The predicted molar refractivity (Wildman–Crippen MR) is 75.1 cm³/mol. The first kappa shape index (κ1) is 13.2. The molecule has 1 unspecified atom stereocenters. The lowest BCUT2D eigenvalue weighted by molar-refractivity contribution is 0.0598. The monoisotopic (exact) mass is 286 g/mol. The molecule has 2 N–H and O–H groups in total. The van der Waals surface area contributed by atoms with Crippen LogP contribution in [0.5, 0.6) is 0 Å². The summed E-state index contributed by atoms with van der Waals surface area (Å²) in [4.78, 5) is 23.7. The second-order valence-corrected chi connectivity index (χ2v) is 4.71. The van der Waals surface area contributed by atoms with Crippen LogP contribution in [0.25, 0.3) is 0 Å². The fourth-order valence-electron chi connectivity index (χ4n) is 2.31. The molecule has 0 radical (unpaired) electrons. The number of nitrogens with one attached hydrogen (secondary N) is 2. The van der Waals surface area contributed by atoms with Crippen LogP contribution in [0, 0.1) is 6.92 Å². The Labute approximate surface area is 121 Å². The third-order valence-corrected chi connectivity index (χ3v) is 3.37. The Bertz CT molecular complexity index is 720. The van der Waals surface area contributed by atoms with Gasteiger partial charge in [-0.2, -0.15) is 0 Å². The van der Waals surface area contributed by atoms with Crippen LogP contribution < -0.4 is 10.6 Å². The first-order valence-electron chi connectivity index (χ1n) is 6.45. The highest BCUT2D eigenvalue weighted by molar-refractivity contribution is 6.01. The fraction of sp³-hybridized carbons (Fsp3) is 0.200. The van der Waals surface area contributed by atoms with Gasteiger partial charge >= 0.3 is 5.97 Å². The van der Waals surface area contributed by atoms with E-state index in [0.29, 0.717) is 22.6 Å². The maximum atomic E-state index is 12.1. The molecule has 1 amide bonds. The summed E-state index contributed by atoms with van der Waals surface area (Å²) in [5.74, 6) is 0.246. The van der Waals surface area contributed by atoms with Crippen molar-refractivity contribution in [2.24, 2.45) is 0 Å². The Kier molecular flexibility index (Phi) is 3.13. The van der Waals surface area contributed by atoms with Gasteiger partial charge in [-0.05, 0) is 25.1 Å². The van der Waals surface area contributed by atoms with Crippen molar-refractivity contribution >= 4 is 17.6 Å². The van der Waals surface area contributed by atoms with Crippen LogP contribution >= 0.6 is 0 Å². The molecule has 0 fully saturated rings. The van der Waals surface area contributed by atoms with Gasteiger partial charge < -0.3 is 19.8 Å². The number of rotatable bonds is 2. The SMILES string of the molecule is COC(=O)c1cc(C2NC(=O)c3ccccc3N2)oc1C. The van der Waals surface area contributed by atoms with Gasteiger partial charge in [0.25, 0.3) is 5.91 Å². The molecule has 0 saturated heterocycles. The molecule has 2 heterocycles. The van der Waals surface area contributed by atoms with E-state index in [1.807, 2.05) is 12.1 Å². The Balaban J connectivity index is 1.93. The molecule has 0 aliphatic carbocycles. The molecule has 0 spiro atoms. The molecule has 0 saturated carbocycles. The summed E-state index contributed by atoms with van der Waals surface area (Å²) in [6.45, 7) is 1.67. The van der Waals surface area contributed by atoms with Crippen molar-refractivity contribution in [1.29, 1.82) is 0 Å². The topological polar surface area (TPSA) is 80.6 Å². The second kappa shape index (κ2) is 4.97. The van der Waals surface area contributed by atoms with E-state index in [4.69, 9.17) is 4.42 Å². The summed E-state index contributed by atoms with van der Waals surface area (Å²) < 4.78 is 10.3. The van der Waals surface area contributed by atoms with E-state index >= 15 is 0 Å². The first-order valence-corrected chi connectivity index (χ1v) is 6.45. The number of furan rings is 1. The van der Waals surface area contributed by atoms with Crippen LogP contribution in [0.15, 0.2) is 34.7 Å². The maximum absolute atomic E-state index is 12.1. The van der Waals surface area contributed by atoms with E-state index in [1.54, 1.807) is 25.1 Å². The van der Waals surface area contributed by atoms with Gasteiger partial charge in [-0.3, -0.25) is 4.79 Å². The van der Waals surface area contributed by atoms with E-state index in [0.717, 1.165) is 5.69 Å². The third kappa shape index (κ3) is 2.24. The van der Waals surface area contributed by atoms with E-state index < -0.39 is 12.1 Å².